The Balaban J connectivity index is 2.17. The Kier molecular flexibility index (Phi) is 5.85. The Labute approximate surface area is 94.7 Å². The molecule has 1 amide bonds. The van der Waals surface area contributed by atoms with Crippen LogP contribution in [0.25, 0.3) is 0 Å². The van der Waals surface area contributed by atoms with Crippen LogP contribution < -0.4 is 5.32 Å². The van der Waals surface area contributed by atoms with Gasteiger partial charge >= 0.3 is 0 Å². The number of aromatic nitrogens is 1. The first-order valence-electron chi connectivity index (χ1n) is 4.98. The molecule has 15 heavy (non-hydrogen) atoms. The standard InChI is InChI=1S/C11H16N2OS/c1-15-8-4-6-11(14)13-9-10-5-2-3-7-12-10/h2-3,5,7H,4,6,8-9H2,1H3,(H,13,14). The topological polar surface area (TPSA) is 42.0 Å². The van der Waals surface area contributed by atoms with Crippen LogP contribution in [0.5, 0.6) is 0 Å². The second kappa shape index (κ2) is 7.29. The molecule has 1 heterocycles. The lowest BCUT2D eigenvalue weighted by atomic mass is 10.3. The van der Waals surface area contributed by atoms with Crippen molar-refractivity contribution in [1.82, 2.24) is 10.3 Å². The van der Waals surface area contributed by atoms with Gasteiger partial charge < -0.3 is 5.32 Å². The molecule has 1 aromatic heterocycles. The lowest BCUT2D eigenvalue weighted by Crippen LogP contribution is -2.22. The molecule has 0 bridgehead atoms. The van der Waals surface area contributed by atoms with E-state index in [4.69, 9.17) is 0 Å². The summed E-state index contributed by atoms with van der Waals surface area (Å²) in [6.45, 7) is 0.527. The number of carbonyl (C=O) groups is 1. The molecule has 0 fully saturated rings. The molecule has 0 atom stereocenters. The molecular weight excluding hydrogens is 208 g/mol. The van der Waals surface area contributed by atoms with Gasteiger partial charge in [0, 0.05) is 12.6 Å². The fraction of sp³-hybridized carbons (Fsp3) is 0.455. The summed E-state index contributed by atoms with van der Waals surface area (Å²) in [5.41, 5.74) is 0.899. The van der Waals surface area contributed by atoms with Gasteiger partial charge in [0.05, 0.1) is 12.2 Å². The van der Waals surface area contributed by atoms with Gasteiger partial charge in [-0.05, 0) is 30.6 Å². The van der Waals surface area contributed by atoms with Gasteiger partial charge in [-0.1, -0.05) is 6.07 Å². The maximum atomic E-state index is 11.3. The highest BCUT2D eigenvalue weighted by atomic mass is 32.2. The van der Waals surface area contributed by atoms with Crippen LogP contribution in [0.1, 0.15) is 18.5 Å². The van der Waals surface area contributed by atoms with Crippen molar-refractivity contribution in [3.05, 3.63) is 30.1 Å². The van der Waals surface area contributed by atoms with Crippen LogP contribution in [-0.2, 0) is 11.3 Å². The predicted octanol–water partition coefficient (Wildman–Crippen LogP) is 1.84. The quantitative estimate of drug-likeness (QED) is 0.750. The summed E-state index contributed by atoms with van der Waals surface area (Å²) in [7, 11) is 0. The zero-order valence-electron chi connectivity index (χ0n) is 8.90. The molecule has 4 heteroatoms. The maximum Gasteiger partial charge on any atom is 0.220 e. The molecule has 3 nitrogen and oxygen atoms in total. The van der Waals surface area contributed by atoms with Crippen molar-refractivity contribution in [1.29, 1.82) is 0 Å². The van der Waals surface area contributed by atoms with Gasteiger partial charge in [-0.3, -0.25) is 9.78 Å². The van der Waals surface area contributed by atoms with E-state index in [0.29, 0.717) is 13.0 Å². The Morgan fingerprint density at radius 2 is 2.40 bits per heavy atom. The van der Waals surface area contributed by atoms with E-state index in [0.717, 1.165) is 17.9 Å². The second-order valence-corrected chi connectivity index (χ2v) is 4.18. The Morgan fingerprint density at radius 3 is 3.07 bits per heavy atom. The van der Waals surface area contributed by atoms with Gasteiger partial charge in [-0.25, -0.2) is 0 Å². The van der Waals surface area contributed by atoms with E-state index in [1.807, 2.05) is 24.5 Å². The molecule has 0 aliphatic rings. The number of rotatable bonds is 6. The SMILES string of the molecule is CSCCCC(=O)NCc1ccccn1. The highest BCUT2D eigenvalue weighted by Gasteiger charge is 2.00. The van der Waals surface area contributed by atoms with E-state index in [1.54, 1.807) is 18.0 Å². The summed E-state index contributed by atoms with van der Waals surface area (Å²) in [6, 6.07) is 5.69. The van der Waals surface area contributed by atoms with Gasteiger partial charge in [-0.15, -0.1) is 0 Å². The molecule has 0 unspecified atom stereocenters. The second-order valence-electron chi connectivity index (χ2n) is 3.19. The summed E-state index contributed by atoms with van der Waals surface area (Å²) in [6.07, 6.45) is 5.32. The average Bonchev–Trinajstić information content (AvgIpc) is 2.28. The zero-order chi connectivity index (χ0) is 10.9. The van der Waals surface area contributed by atoms with Crippen LogP contribution in [0.15, 0.2) is 24.4 Å². The molecule has 1 aromatic rings. The maximum absolute atomic E-state index is 11.3. The number of carbonyl (C=O) groups excluding carboxylic acids is 1. The van der Waals surface area contributed by atoms with Crippen LogP contribution in [0.4, 0.5) is 0 Å². The molecular formula is C11H16N2OS. The third kappa shape index (κ3) is 5.42. The van der Waals surface area contributed by atoms with E-state index < -0.39 is 0 Å². The normalized spacial score (nSPS) is 9.93. The largest absolute Gasteiger partial charge is 0.350 e. The minimum absolute atomic E-state index is 0.106. The van der Waals surface area contributed by atoms with Crippen molar-refractivity contribution in [2.45, 2.75) is 19.4 Å². The molecule has 1 rings (SSSR count). The van der Waals surface area contributed by atoms with E-state index in [9.17, 15) is 4.79 Å². The van der Waals surface area contributed by atoms with Gasteiger partial charge in [0.25, 0.3) is 0 Å². The van der Waals surface area contributed by atoms with E-state index in [1.165, 1.54) is 0 Å². The fourth-order valence-electron chi connectivity index (χ4n) is 1.16. The number of amides is 1. The highest BCUT2D eigenvalue weighted by molar-refractivity contribution is 7.98. The first kappa shape index (κ1) is 12.0. The van der Waals surface area contributed by atoms with Gasteiger partial charge in [-0.2, -0.15) is 11.8 Å². The first-order chi connectivity index (χ1) is 7.33. The van der Waals surface area contributed by atoms with E-state index in [-0.39, 0.29) is 5.91 Å². The van der Waals surface area contributed by atoms with Crippen molar-refractivity contribution in [2.75, 3.05) is 12.0 Å². The molecule has 0 saturated carbocycles. The van der Waals surface area contributed by atoms with Crippen LogP contribution in [0.3, 0.4) is 0 Å². The van der Waals surface area contributed by atoms with Crippen LogP contribution >= 0.6 is 11.8 Å². The highest BCUT2D eigenvalue weighted by Crippen LogP contribution is 1.99. The molecule has 0 aliphatic heterocycles. The van der Waals surface area contributed by atoms with Crippen molar-refractivity contribution in [3.63, 3.8) is 0 Å². The van der Waals surface area contributed by atoms with Gasteiger partial charge in [0.15, 0.2) is 0 Å². The Bertz CT molecular complexity index is 290. The lowest BCUT2D eigenvalue weighted by molar-refractivity contribution is -0.121. The summed E-state index contributed by atoms with van der Waals surface area (Å²) < 4.78 is 0. The summed E-state index contributed by atoms with van der Waals surface area (Å²) in [5.74, 6) is 1.14. The molecule has 0 saturated heterocycles. The van der Waals surface area contributed by atoms with Crippen molar-refractivity contribution >= 4 is 17.7 Å². The molecule has 0 spiro atoms. The number of thioether (sulfide) groups is 1. The third-order valence-corrected chi connectivity index (χ3v) is 2.64. The van der Waals surface area contributed by atoms with Crippen LogP contribution in [0, 0.1) is 0 Å². The van der Waals surface area contributed by atoms with Crippen LogP contribution in [-0.4, -0.2) is 22.9 Å². The lowest BCUT2D eigenvalue weighted by Gasteiger charge is -2.03. The van der Waals surface area contributed by atoms with Gasteiger partial charge in [0.1, 0.15) is 0 Å². The first-order valence-corrected chi connectivity index (χ1v) is 6.38. The minimum atomic E-state index is 0.106. The summed E-state index contributed by atoms with van der Waals surface area (Å²) in [4.78, 5) is 15.5. The predicted molar refractivity (Wildman–Crippen MR) is 63.7 cm³/mol. The molecule has 0 aromatic carbocycles. The Hall–Kier alpha value is -1.03. The number of pyridine rings is 1. The molecule has 0 aliphatic carbocycles. The number of hydrogen-bond acceptors (Lipinski definition) is 3. The smallest absolute Gasteiger partial charge is 0.220 e. The van der Waals surface area contributed by atoms with E-state index in [2.05, 4.69) is 10.3 Å². The van der Waals surface area contributed by atoms with Crippen molar-refractivity contribution < 1.29 is 4.79 Å². The zero-order valence-corrected chi connectivity index (χ0v) is 9.72. The molecule has 0 radical (unpaired) electrons. The van der Waals surface area contributed by atoms with E-state index >= 15 is 0 Å². The van der Waals surface area contributed by atoms with Crippen molar-refractivity contribution in [2.24, 2.45) is 0 Å². The third-order valence-electron chi connectivity index (χ3n) is 1.95. The molecule has 82 valence electrons. The van der Waals surface area contributed by atoms with Crippen molar-refractivity contribution in [3.8, 4) is 0 Å². The van der Waals surface area contributed by atoms with Gasteiger partial charge in [0.2, 0.25) is 5.91 Å². The number of hydrogen-bond donors (Lipinski definition) is 1. The fourth-order valence-corrected chi connectivity index (χ4v) is 1.59. The number of nitrogens with zero attached hydrogens (tertiary/aromatic N) is 1. The van der Waals surface area contributed by atoms with Crippen LogP contribution in [0.2, 0.25) is 0 Å². The summed E-state index contributed by atoms with van der Waals surface area (Å²) in [5, 5.41) is 2.85. The average molecular weight is 224 g/mol. The molecule has 1 N–H and O–H groups in total. The minimum Gasteiger partial charge on any atom is -0.350 e. The summed E-state index contributed by atoms with van der Waals surface area (Å²) >= 11 is 1.77. The Morgan fingerprint density at radius 1 is 1.53 bits per heavy atom. The monoisotopic (exact) mass is 224 g/mol. The number of nitrogens with one attached hydrogen (secondary N) is 1.